The molecule has 0 bridgehead atoms. The molecule has 0 aliphatic heterocycles. The number of aromatic amines is 2. The molecule has 6 heteroatoms. The molecule has 0 saturated heterocycles. The van der Waals surface area contributed by atoms with Crippen LogP contribution in [0.2, 0.25) is 0 Å². The monoisotopic (exact) mass is 734 g/mol. The average Bonchev–Trinajstić information content (AvgIpc) is 3.47. The average molecular weight is 737 g/mol. The maximum Gasteiger partial charge on any atom is 0.209 e. The lowest BCUT2D eigenvalue weighted by Gasteiger charge is -2.26. The number of aromatic nitrogens is 2. The summed E-state index contributed by atoms with van der Waals surface area (Å²) in [6.45, 7) is 26.1. The van der Waals surface area contributed by atoms with Crippen molar-refractivity contribution in [2.24, 2.45) is 0 Å². The Morgan fingerprint density at radius 1 is 0.489 bits per heavy atom. The van der Waals surface area contributed by atoms with Crippen LogP contribution in [0.3, 0.4) is 0 Å². The summed E-state index contributed by atoms with van der Waals surface area (Å²) in [5.41, 5.74) is 8.31. The SMILES string of the molecule is CC(C)(C)c1cc(C(=O)c2cc(Br)c(Cc3[nH]c(C(=O)c4cc(C(C)(C)C)cc(C(C)(C)C)c4)cc3Br)[nH]2)cc(C(C)(C)C)c1. The Balaban J connectivity index is 1.65. The molecule has 0 unspecified atom stereocenters. The van der Waals surface area contributed by atoms with Crippen LogP contribution in [0.1, 0.15) is 149 Å². The summed E-state index contributed by atoms with van der Waals surface area (Å²) in [5.74, 6) is -0.0956. The minimum atomic E-state index is -0.0881. The molecule has 0 spiro atoms. The number of nitrogens with one attached hydrogen (secondary N) is 2. The number of benzene rings is 2. The number of ketones is 2. The third kappa shape index (κ3) is 8.00. The second kappa shape index (κ2) is 12.2. The standard InChI is InChI=1S/C39H48Br2N2O2/c1-36(2,3)24-13-22(14-25(17-24)37(4,5)6)34(44)32-19-28(40)30(42-32)21-31-29(41)20-33(43-31)35(45)23-15-26(38(7,8)9)18-27(16-23)39(10,11)12/h13-20,42-43H,21H2,1-12H3. The number of halogens is 2. The van der Waals surface area contributed by atoms with Crippen LogP contribution in [0.5, 0.6) is 0 Å². The summed E-state index contributed by atoms with van der Waals surface area (Å²) in [4.78, 5) is 34.4. The van der Waals surface area contributed by atoms with E-state index in [1.54, 1.807) is 0 Å². The maximum absolute atomic E-state index is 13.8. The fourth-order valence-electron chi connectivity index (χ4n) is 5.18. The number of carbonyl (C=O) groups excluding carboxylic acids is 2. The van der Waals surface area contributed by atoms with E-state index in [-0.39, 0.29) is 33.2 Å². The largest absolute Gasteiger partial charge is 0.354 e. The Kier molecular flexibility index (Phi) is 9.49. The zero-order valence-corrected chi connectivity index (χ0v) is 32.1. The lowest BCUT2D eigenvalue weighted by atomic mass is 9.79. The molecule has 4 rings (SSSR count). The molecule has 0 atom stereocenters. The van der Waals surface area contributed by atoms with Crippen molar-refractivity contribution in [3.63, 3.8) is 0 Å². The van der Waals surface area contributed by atoms with Gasteiger partial charge in [0, 0.05) is 37.9 Å². The van der Waals surface area contributed by atoms with E-state index in [2.05, 4.69) is 137 Å². The van der Waals surface area contributed by atoms with E-state index in [0.29, 0.717) is 28.9 Å². The van der Waals surface area contributed by atoms with Gasteiger partial charge in [0.05, 0.1) is 11.4 Å². The van der Waals surface area contributed by atoms with E-state index in [0.717, 1.165) is 42.6 Å². The van der Waals surface area contributed by atoms with Gasteiger partial charge >= 0.3 is 0 Å². The van der Waals surface area contributed by atoms with Crippen molar-refractivity contribution in [3.8, 4) is 0 Å². The minimum Gasteiger partial charge on any atom is -0.354 e. The lowest BCUT2D eigenvalue weighted by molar-refractivity contribution is 0.102. The second-order valence-electron chi connectivity index (χ2n) is 16.5. The van der Waals surface area contributed by atoms with E-state index in [9.17, 15) is 9.59 Å². The molecule has 4 nitrogen and oxygen atoms in total. The zero-order chi connectivity index (χ0) is 33.9. The van der Waals surface area contributed by atoms with Crippen LogP contribution in [0, 0.1) is 0 Å². The number of hydrogen-bond acceptors (Lipinski definition) is 2. The maximum atomic E-state index is 13.8. The predicted molar refractivity (Wildman–Crippen MR) is 194 cm³/mol. The van der Waals surface area contributed by atoms with Crippen LogP contribution in [0.4, 0.5) is 0 Å². The van der Waals surface area contributed by atoms with Crippen molar-refractivity contribution in [3.05, 3.63) is 114 Å². The molecule has 0 aliphatic rings. The highest BCUT2D eigenvalue weighted by atomic mass is 79.9. The van der Waals surface area contributed by atoms with Gasteiger partial charge in [-0.1, -0.05) is 95.2 Å². The Morgan fingerprint density at radius 3 is 1.00 bits per heavy atom. The van der Waals surface area contributed by atoms with Gasteiger partial charge in [-0.2, -0.15) is 0 Å². The fourth-order valence-corrected chi connectivity index (χ4v) is 6.12. The van der Waals surface area contributed by atoms with Crippen LogP contribution in [-0.2, 0) is 28.1 Å². The molecule has 2 N–H and O–H groups in total. The summed E-state index contributed by atoms with van der Waals surface area (Å²) >= 11 is 7.36. The van der Waals surface area contributed by atoms with Gasteiger partial charge in [0.1, 0.15) is 0 Å². The lowest BCUT2D eigenvalue weighted by Crippen LogP contribution is -2.18. The number of H-pyrrole nitrogens is 2. The normalized spacial score (nSPS) is 12.9. The van der Waals surface area contributed by atoms with E-state index in [1.807, 2.05) is 36.4 Å². The molecule has 2 aromatic heterocycles. The third-order valence-corrected chi connectivity index (χ3v) is 9.80. The van der Waals surface area contributed by atoms with Gasteiger partial charge in [0.2, 0.25) is 11.6 Å². The molecular weight excluding hydrogens is 688 g/mol. The molecular formula is C39H48Br2N2O2. The Labute approximate surface area is 286 Å². The van der Waals surface area contributed by atoms with Crippen molar-refractivity contribution in [2.75, 3.05) is 0 Å². The van der Waals surface area contributed by atoms with Gasteiger partial charge in [-0.3, -0.25) is 9.59 Å². The molecule has 0 amide bonds. The predicted octanol–water partition coefficient (Wildman–Crippen LogP) is 11.1. The highest BCUT2D eigenvalue weighted by Crippen LogP contribution is 2.34. The van der Waals surface area contributed by atoms with Crippen molar-refractivity contribution in [2.45, 2.75) is 111 Å². The van der Waals surface area contributed by atoms with E-state index < -0.39 is 0 Å². The van der Waals surface area contributed by atoms with Gasteiger partial charge in [-0.25, -0.2) is 0 Å². The molecule has 0 fully saturated rings. The molecule has 0 saturated carbocycles. The van der Waals surface area contributed by atoms with Crippen LogP contribution in [0.25, 0.3) is 0 Å². The highest BCUT2D eigenvalue weighted by Gasteiger charge is 2.26. The molecule has 4 aromatic rings. The smallest absolute Gasteiger partial charge is 0.209 e. The Morgan fingerprint density at radius 2 is 0.756 bits per heavy atom. The van der Waals surface area contributed by atoms with Crippen molar-refractivity contribution in [1.29, 1.82) is 0 Å². The van der Waals surface area contributed by atoms with Crippen molar-refractivity contribution < 1.29 is 9.59 Å². The van der Waals surface area contributed by atoms with E-state index in [4.69, 9.17) is 0 Å². The molecule has 2 aromatic carbocycles. The summed E-state index contributed by atoms with van der Waals surface area (Å²) in [6.07, 6.45) is 0.478. The Bertz CT molecular complexity index is 1570. The summed E-state index contributed by atoms with van der Waals surface area (Å²) in [6, 6.07) is 16.2. The second-order valence-corrected chi connectivity index (χ2v) is 18.2. The summed E-state index contributed by atoms with van der Waals surface area (Å²) in [5, 5.41) is 0. The number of hydrogen-bond donors (Lipinski definition) is 2. The first-order valence-corrected chi connectivity index (χ1v) is 17.2. The van der Waals surface area contributed by atoms with Crippen LogP contribution >= 0.6 is 31.9 Å². The first-order chi connectivity index (χ1) is 20.4. The minimum absolute atomic E-state index is 0.0478. The molecule has 0 radical (unpaired) electrons. The number of rotatable bonds is 6. The third-order valence-electron chi connectivity index (χ3n) is 8.39. The summed E-state index contributed by atoms with van der Waals surface area (Å²) < 4.78 is 1.63. The number of carbonyl (C=O) groups is 2. The van der Waals surface area contributed by atoms with E-state index >= 15 is 0 Å². The highest BCUT2D eigenvalue weighted by molar-refractivity contribution is 9.10. The molecule has 2 heterocycles. The van der Waals surface area contributed by atoms with Gasteiger partial charge in [-0.15, -0.1) is 0 Å². The fraction of sp³-hybridized carbons (Fsp3) is 0.436. The van der Waals surface area contributed by atoms with Gasteiger partial charge < -0.3 is 9.97 Å². The quantitative estimate of drug-likeness (QED) is 0.194. The molecule has 0 aliphatic carbocycles. The van der Waals surface area contributed by atoms with E-state index in [1.165, 1.54) is 0 Å². The topological polar surface area (TPSA) is 65.7 Å². The van der Waals surface area contributed by atoms with Crippen LogP contribution in [0.15, 0.2) is 57.5 Å². The van der Waals surface area contributed by atoms with Crippen LogP contribution in [-0.4, -0.2) is 21.5 Å². The van der Waals surface area contributed by atoms with Crippen molar-refractivity contribution >= 4 is 43.4 Å². The first kappa shape index (κ1) is 35.2. The zero-order valence-electron chi connectivity index (χ0n) is 28.9. The van der Waals surface area contributed by atoms with Gasteiger partial charge in [0.15, 0.2) is 0 Å². The first-order valence-electron chi connectivity index (χ1n) is 15.6. The van der Waals surface area contributed by atoms with Gasteiger partial charge in [-0.05, 0) is 112 Å². The van der Waals surface area contributed by atoms with Crippen molar-refractivity contribution in [1.82, 2.24) is 9.97 Å². The van der Waals surface area contributed by atoms with Gasteiger partial charge in [0.25, 0.3) is 0 Å². The van der Waals surface area contributed by atoms with Crippen LogP contribution < -0.4 is 0 Å². The Hall–Kier alpha value is -2.70. The molecule has 240 valence electrons. The summed E-state index contributed by atoms with van der Waals surface area (Å²) in [7, 11) is 0. The molecule has 45 heavy (non-hydrogen) atoms.